The summed E-state index contributed by atoms with van der Waals surface area (Å²) in [5.41, 5.74) is 0.231. The third-order valence-corrected chi connectivity index (χ3v) is 1.46. The van der Waals surface area contributed by atoms with Crippen molar-refractivity contribution < 1.29 is 36.9 Å². The summed E-state index contributed by atoms with van der Waals surface area (Å²) >= 11 is 0. The molecule has 17 heavy (non-hydrogen) atoms. The maximum Gasteiger partial charge on any atom is 0.353 e. The van der Waals surface area contributed by atoms with E-state index in [1.807, 2.05) is 0 Å². The van der Waals surface area contributed by atoms with E-state index in [-0.39, 0.29) is 28.5 Å². The molecular weight excluding hydrogens is 271 g/mol. The SMILES string of the molecule is O=C(O)c1cnc[nH]1.O=C(O)c1cnc[nH]1.[Mn]. The number of aromatic nitrogens is 4. The molecule has 0 fully saturated rings. The van der Waals surface area contributed by atoms with E-state index in [4.69, 9.17) is 10.2 Å². The minimum absolute atomic E-state index is 0. The number of rotatable bonds is 2. The van der Waals surface area contributed by atoms with Crippen molar-refractivity contribution in [3.05, 3.63) is 36.4 Å². The molecule has 91 valence electrons. The van der Waals surface area contributed by atoms with Gasteiger partial charge in [-0.15, -0.1) is 0 Å². The molecule has 0 bridgehead atoms. The molecule has 8 nitrogen and oxygen atoms in total. The Labute approximate surface area is 106 Å². The zero-order valence-corrected chi connectivity index (χ0v) is 9.47. The Balaban J connectivity index is 0.000000284. The van der Waals surface area contributed by atoms with E-state index in [1.165, 1.54) is 25.0 Å². The largest absolute Gasteiger partial charge is 0.477 e. The molecule has 9 heteroatoms. The quantitative estimate of drug-likeness (QED) is 0.581. The molecule has 0 aliphatic carbocycles. The van der Waals surface area contributed by atoms with Gasteiger partial charge in [0.2, 0.25) is 0 Å². The van der Waals surface area contributed by atoms with Crippen molar-refractivity contribution in [3.63, 3.8) is 0 Å². The fraction of sp³-hybridized carbons (Fsp3) is 0. The van der Waals surface area contributed by atoms with Crippen molar-refractivity contribution in [3.8, 4) is 0 Å². The summed E-state index contributed by atoms with van der Waals surface area (Å²) in [7, 11) is 0. The van der Waals surface area contributed by atoms with Crippen LogP contribution in [-0.2, 0) is 17.1 Å². The first-order chi connectivity index (χ1) is 7.61. The molecule has 0 aromatic carbocycles. The summed E-state index contributed by atoms with van der Waals surface area (Å²) in [5.74, 6) is -1.97. The second-order valence-electron chi connectivity index (χ2n) is 2.54. The van der Waals surface area contributed by atoms with Gasteiger partial charge in [-0.3, -0.25) is 0 Å². The summed E-state index contributed by atoms with van der Waals surface area (Å²) in [6.07, 6.45) is 5.15. The first-order valence-corrected chi connectivity index (χ1v) is 4.04. The van der Waals surface area contributed by atoms with Gasteiger partial charge in [0.1, 0.15) is 11.4 Å². The molecule has 0 atom stereocenters. The summed E-state index contributed by atoms with van der Waals surface area (Å²) in [6, 6.07) is 0. The Hall–Kier alpha value is -2.12. The van der Waals surface area contributed by atoms with Crippen LogP contribution in [0.25, 0.3) is 0 Å². The van der Waals surface area contributed by atoms with E-state index in [2.05, 4.69) is 19.9 Å². The zero-order chi connectivity index (χ0) is 12.0. The third kappa shape index (κ3) is 4.96. The molecule has 0 unspecified atom stereocenters. The van der Waals surface area contributed by atoms with Crippen molar-refractivity contribution in [2.75, 3.05) is 0 Å². The number of carboxylic acids is 2. The molecular formula is C8H8MnN4O4. The number of aromatic carboxylic acids is 2. The van der Waals surface area contributed by atoms with E-state index in [0.29, 0.717) is 0 Å². The molecule has 0 aliphatic heterocycles. The van der Waals surface area contributed by atoms with Crippen LogP contribution in [0.2, 0.25) is 0 Å². The van der Waals surface area contributed by atoms with Crippen LogP contribution in [0.3, 0.4) is 0 Å². The topological polar surface area (TPSA) is 132 Å². The number of hydrogen-bond donors (Lipinski definition) is 4. The van der Waals surface area contributed by atoms with Crippen molar-refractivity contribution >= 4 is 11.9 Å². The Morgan fingerprint density at radius 3 is 1.41 bits per heavy atom. The molecule has 0 saturated heterocycles. The molecule has 0 amide bonds. The van der Waals surface area contributed by atoms with Crippen molar-refractivity contribution in [1.29, 1.82) is 0 Å². The predicted molar refractivity (Wildman–Crippen MR) is 51.1 cm³/mol. The number of nitrogens with one attached hydrogen (secondary N) is 2. The summed E-state index contributed by atoms with van der Waals surface area (Å²) < 4.78 is 0. The summed E-state index contributed by atoms with van der Waals surface area (Å²) in [4.78, 5) is 31.8. The molecule has 2 heterocycles. The second-order valence-corrected chi connectivity index (χ2v) is 2.54. The van der Waals surface area contributed by atoms with Crippen molar-refractivity contribution in [2.45, 2.75) is 0 Å². The zero-order valence-electron chi connectivity index (χ0n) is 8.29. The van der Waals surface area contributed by atoms with Gasteiger partial charge in [-0.2, -0.15) is 0 Å². The number of H-pyrrole nitrogens is 2. The third-order valence-electron chi connectivity index (χ3n) is 1.46. The van der Waals surface area contributed by atoms with E-state index < -0.39 is 11.9 Å². The molecule has 2 rings (SSSR count). The molecule has 1 radical (unpaired) electrons. The van der Waals surface area contributed by atoms with E-state index in [9.17, 15) is 9.59 Å². The molecule has 4 N–H and O–H groups in total. The average molecular weight is 279 g/mol. The molecule has 2 aromatic heterocycles. The number of nitrogens with zero attached hydrogens (tertiary/aromatic N) is 2. The van der Waals surface area contributed by atoms with Gasteiger partial charge in [0.15, 0.2) is 0 Å². The van der Waals surface area contributed by atoms with Gasteiger partial charge in [0, 0.05) is 17.1 Å². The average Bonchev–Trinajstić information content (AvgIpc) is 2.93. The van der Waals surface area contributed by atoms with Crippen LogP contribution in [0, 0.1) is 0 Å². The summed E-state index contributed by atoms with van der Waals surface area (Å²) in [6.45, 7) is 0. The predicted octanol–water partition coefficient (Wildman–Crippen LogP) is 0.213. The smallest absolute Gasteiger partial charge is 0.353 e. The summed E-state index contributed by atoms with van der Waals surface area (Å²) in [5, 5.41) is 16.4. The van der Waals surface area contributed by atoms with Gasteiger partial charge in [-0.05, 0) is 0 Å². The maximum atomic E-state index is 9.99. The molecule has 0 aliphatic rings. The van der Waals surface area contributed by atoms with Gasteiger partial charge < -0.3 is 20.2 Å². The Kier molecular flexibility index (Phi) is 6.30. The molecule has 0 saturated carbocycles. The fourth-order valence-corrected chi connectivity index (χ4v) is 0.746. The van der Waals surface area contributed by atoms with E-state index in [0.717, 1.165) is 0 Å². The standard InChI is InChI=1S/2C4H4N2O2.Mn/c2*7-4(8)3-1-5-2-6-3;/h2*1-2H,(H,5,6)(H,7,8);. The van der Waals surface area contributed by atoms with Crippen LogP contribution in [0.1, 0.15) is 21.0 Å². The molecule has 0 spiro atoms. The van der Waals surface area contributed by atoms with Gasteiger partial charge in [0.05, 0.1) is 25.0 Å². The minimum atomic E-state index is -0.984. The fourth-order valence-electron chi connectivity index (χ4n) is 0.746. The number of aromatic amines is 2. The van der Waals surface area contributed by atoms with Crippen LogP contribution in [0.5, 0.6) is 0 Å². The van der Waals surface area contributed by atoms with Gasteiger partial charge in [0.25, 0.3) is 0 Å². The van der Waals surface area contributed by atoms with E-state index in [1.54, 1.807) is 0 Å². The van der Waals surface area contributed by atoms with Crippen LogP contribution in [0.4, 0.5) is 0 Å². The first kappa shape index (κ1) is 14.9. The Bertz CT molecular complexity index is 410. The number of carbonyl (C=O) groups is 2. The van der Waals surface area contributed by atoms with Crippen molar-refractivity contribution in [1.82, 2.24) is 19.9 Å². The van der Waals surface area contributed by atoms with Gasteiger partial charge in [-0.25, -0.2) is 19.6 Å². The normalized spacial score (nSPS) is 8.47. The Morgan fingerprint density at radius 1 is 0.941 bits per heavy atom. The van der Waals surface area contributed by atoms with E-state index >= 15 is 0 Å². The maximum absolute atomic E-state index is 9.99. The van der Waals surface area contributed by atoms with Crippen LogP contribution in [-0.4, -0.2) is 42.1 Å². The Morgan fingerprint density at radius 2 is 1.29 bits per heavy atom. The second kappa shape index (κ2) is 7.20. The first-order valence-electron chi connectivity index (χ1n) is 4.04. The van der Waals surface area contributed by atoms with Gasteiger partial charge >= 0.3 is 11.9 Å². The number of carboxylic acid groups (broad SMARTS) is 2. The van der Waals surface area contributed by atoms with Gasteiger partial charge in [-0.1, -0.05) is 0 Å². The van der Waals surface area contributed by atoms with Crippen molar-refractivity contribution in [2.24, 2.45) is 0 Å². The monoisotopic (exact) mass is 279 g/mol. The number of imidazole rings is 2. The molecule has 2 aromatic rings. The van der Waals surface area contributed by atoms with Crippen LogP contribution < -0.4 is 0 Å². The number of hydrogen-bond acceptors (Lipinski definition) is 4. The van der Waals surface area contributed by atoms with Crippen LogP contribution >= 0.6 is 0 Å². The van der Waals surface area contributed by atoms with Crippen LogP contribution in [0.15, 0.2) is 25.0 Å². The minimum Gasteiger partial charge on any atom is -0.477 e.